The second kappa shape index (κ2) is 7.46. The van der Waals surface area contributed by atoms with Crippen molar-refractivity contribution in [1.29, 1.82) is 0 Å². The van der Waals surface area contributed by atoms with Gasteiger partial charge in [0.25, 0.3) is 0 Å². The molecule has 2 N–H and O–H groups in total. The summed E-state index contributed by atoms with van der Waals surface area (Å²) in [6, 6.07) is 16.3. The van der Waals surface area contributed by atoms with Gasteiger partial charge in [0, 0.05) is 27.6 Å². The van der Waals surface area contributed by atoms with Gasteiger partial charge in [0.05, 0.1) is 5.52 Å². The number of pyridine rings is 1. The number of nitrogens with zero attached hydrogens (tertiary/aromatic N) is 1. The fraction of sp³-hybridized carbons (Fsp3) is 0.286. The summed E-state index contributed by atoms with van der Waals surface area (Å²) in [4.78, 5) is 5.87. The molecule has 0 spiro atoms. The molecule has 1 heterocycles. The van der Waals surface area contributed by atoms with Gasteiger partial charge in [0.15, 0.2) is 0 Å². The number of nitrogens with two attached hydrogens (primary N) is 1. The average Bonchev–Trinajstić information content (AvgIpc) is 2.56. The van der Waals surface area contributed by atoms with Gasteiger partial charge in [-0.2, -0.15) is 0 Å². The Labute approximate surface area is 153 Å². The predicted molar refractivity (Wildman–Crippen MR) is 107 cm³/mol. The molecule has 0 saturated carbocycles. The summed E-state index contributed by atoms with van der Waals surface area (Å²) in [5.41, 5.74) is 9.08. The summed E-state index contributed by atoms with van der Waals surface area (Å²) >= 11 is 1.85. The van der Waals surface area contributed by atoms with Crippen molar-refractivity contribution >= 4 is 22.7 Å². The molecule has 25 heavy (non-hydrogen) atoms. The highest BCUT2D eigenvalue weighted by Gasteiger charge is 2.07. The lowest BCUT2D eigenvalue weighted by molar-refractivity contribution is 0.461. The van der Waals surface area contributed by atoms with Crippen LogP contribution in [0.4, 0.5) is 0 Å². The molecule has 1 atom stereocenters. The minimum absolute atomic E-state index is 0.0187. The topological polar surface area (TPSA) is 48.1 Å². The predicted octanol–water partition coefficient (Wildman–Crippen LogP) is 5.86. The van der Waals surface area contributed by atoms with Crippen LogP contribution in [0.25, 0.3) is 10.9 Å². The molecule has 0 radical (unpaired) electrons. The van der Waals surface area contributed by atoms with Gasteiger partial charge in [-0.25, -0.2) is 4.98 Å². The van der Waals surface area contributed by atoms with E-state index < -0.39 is 0 Å². The first kappa shape index (κ1) is 17.8. The highest BCUT2D eigenvalue weighted by Crippen LogP contribution is 2.31. The van der Waals surface area contributed by atoms with Crippen LogP contribution in [0.15, 0.2) is 53.4 Å². The molecule has 3 aromatic rings. The molecule has 1 aromatic heterocycles. The number of benzene rings is 2. The van der Waals surface area contributed by atoms with Gasteiger partial charge in [-0.05, 0) is 61.4 Å². The van der Waals surface area contributed by atoms with Crippen molar-refractivity contribution in [3.05, 3.63) is 59.7 Å². The minimum Gasteiger partial charge on any atom is -0.439 e. The Bertz CT molecular complexity index is 890. The number of thioether (sulfide) groups is 1. The van der Waals surface area contributed by atoms with Gasteiger partial charge in [0.1, 0.15) is 5.75 Å². The summed E-state index contributed by atoms with van der Waals surface area (Å²) in [5.74, 6) is 1.44. The first-order valence-corrected chi connectivity index (χ1v) is 9.42. The Morgan fingerprint density at radius 1 is 1.00 bits per heavy atom. The minimum atomic E-state index is 0.0187. The normalized spacial score (nSPS) is 12.6. The molecule has 3 nitrogen and oxygen atoms in total. The van der Waals surface area contributed by atoms with Crippen molar-refractivity contribution in [2.45, 2.75) is 43.9 Å². The van der Waals surface area contributed by atoms with E-state index in [1.165, 1.54) is 4.90 Å². The Morgan fingerprint density at radius 3 is 2.48 bits per heavy atom. The maximum absolute atomic E-state index is 6.01. The van der Waals surface area contributed by atoms with Gasteiger partial charge < -0.3 is 10.5 Å². The molecule has 0 amide bonds. The quantitative estimate of drug-likeness (QED) is 0.585. The van der Waals surface area contributed by atoms with E-state index in [2.05, 4.69) is 44.0 Å². The molecular formula is C21H24N2OS. The van der Waals surface area contributed by atoms with Crippen molar-refractivity contribution in [2.75, 3.05) is 0 Å². The molecule has 0 aliphatic heterocycles. The smallest absolute Gasteiger partial charge is 0.219 e. The lowest BCUT2D eigenvalue weighted by Crippen LogP contribution is -2.04. The standard InChI is InChI=1S/C21H24N2OS/c1-13(2)25-18-7-9-20(14(3)11-18)24-21-10-6-17-12-16(15(4)22)5-8-19(17)23-21/h5-13,15H,22H2,1-4H3. The zero-order valence-electron chi connectivity index (χ0n) is 15.1. The molecule has 0 aliphatic carbocycles. The van der Waals surface area contributed by atoms with Crippen molar-refractivity contribution < 1.29 is 4.74 Å². The van der Waals surface area contributed by atoms with Crippen LogP contribution in [0.1, 0.15) is 37.9 Å². The molecule has 4 heteroatoms. The third kappa shape index (κ3) is 4.33. The highest BCUT2D eigenvalue weighted by atomic mass is 32.2. The third-order valence-corrected chi connectivity index (χ3v) is 4.94. The average molecular weight is 353 g/mol. The number of hydrogen-bond donors (Lipinski definition) is 1. The Hall–Kier alpha value is -2.04. The van der Waals surface area contributed by atoms with Gasteiger partial charge in [-0.3, -0.25) is 0 Å². The number of fused-ring (bicyclic) bond motifs is 1. The van der Waals surface area contributed by atoms with Crippen LogP contribution in [0.2, 0.25) is 0 Å². The Morgan fingerprint density at radius 2 is 1.80 bits per heavy atom. The van der Waals surface area contributed by atoms with Crippen molar-refractivity contribution in [3.8, 4) is 11.6 Å². The van der Waals surface area contributed by atoms with Gasteiger partial charge >= 0.3 is 0 Å². The Balaban J connectivity index is 1.84. The van der Waals surface area contributed by atoms with Crippen LogP contribution in [-0.2, 0) is 0 Å². The zero-order chi connectivity index (χ0) is 18.0. The van der Waals surface area contributed by atoms with Crippen LogP contribution in [0.3, 0.4) is 0 Å². The van der Waals surface area contributed by atoms with Gasteiger partial charge in [-0.1, -0.05) is 19.9 Å². The summed E-state index contributed by atoms with van der Waals surface area (Å²) in [6.07, 6.45) is 0. The number of aromatic nitrogens is 1. The maximum atomic E-state index is 6.01. The lowest BCUT2D eigenvalue weighted by atomic mass is 10.1. The Kier molecular flexibility index (Phi) is 5.30. The van der Waals surface area contributed by atoms with E-state index in [9.17, 15) is 0 Å². The van der Waals surface area contributed by atoms with Crippen LogP contribution >= 0.6 is 11.8 Å². The van der Waals surface area contributed by atoms with Crippen molar-refractivity contribution in [1.82, 2.24) is 4.98 Å². The maximum Gasteiger partial charge on any atom is 0.219 e. The third-order valence-electron chi connectivity index (χ3n) is 3.95. The summed E-state index contributed by atoms with van der Waals surface area (Å²) in [6.45, 7) is 8.44. The summed E-state index contributed by atoms with van der Waals surface area (Å²) in [5, 5.41) is 1.64. The fourth-order valence-corrected chi connectivity index (χ4v) is 3.60. The molecular weight excluding hydrogens is 328 g/mol. The molecule has 3 rings (SSSR count). The van der Waals surface area contributed by atoms with E-state index in [4.69, 9.17) is 10.5 Å². The first-order chi connectivity index (χ1) is 11.9. The van der Waals surface area contributed by atoms with Crippen molar-refractivity contribution in [3.63, 3.8) is 0 Å². The van der Waals surface area contributed by atoms with Gasteiger partial charge in [-0.15, -0.1) is 11.8 Å². The highest BCUT2D eigenvalue weighted by molar-refractivity contribution is 7.99. The molecule has 130 valence electrons. The number of ether oxygens (including phenoxy) is 1. The second-order valence-electron chi connectivity index (χ2n) is 6.59. The van der Waals surface area contributed by atoms with Crippen LogP contribution in [0.5, 0.6) is 11.6 Å². The number of rotatable bonds is 5. The van der Waals surface area contributed by atoms with E-state index in [-0.39, 0.29) is 6.04 Å². The van der Waals surface area contributed by atoms with E-state index >= 15 is 0 Å². The van der Waals surface area contributed by atoms with Gasteiger partial charge in [0.2, 0.25) is 5.88 Å². The van der Waals surface area contributed by atoms with E-state index in [0.29, 0.717) is 11.1 Å². The van der Waals surface area contributed by atoms with Crippen LogP contribution in [-0.4, -0.2) is 10.2 Å². The number of aryl methyl sites for hydroxylation is 1. The number of hydrogen-bond acceptors (Lipinski definition) is 4. The van der Waals surface area contributed by atoms with Crippen molar-refractivity contribution in [2.24, 2.45) is 5.73 Å². The molecule has 2 aromatic carbocycles. The second-order valence-corrected chi connectivity index (χ2v) is 8.24. The van der Waals surface area contributed by atoms with Crippen LogP contribution in [0, 0.1) is 6.92 Å². The zero-order valence-corrected chi connectivity index (χ0v) is 15.9. The summed E-state index contributed by atoms with van der Waals surface area (Å²) < 4.78 is 6.01. The SMILES string of the molecule is Cc1cc(SC(C)C)ccc1Oc1ccc2cc(C(C)N)ccc2n1. The van der Waals surface area contributed by atoms with Crippen LogP contribution < -0.4 is 10.5 Å². The molecule has 0 fully saturated rings. The molecule has 0 aliphatic rings. The monoisotopic (exact) mass is 352 g/mol. The molecule has 0 bridgehead atoms. The largest absolute Gasteiger partial charge is 0.439 e. The van der Waals surface area contributed by atoms with E-state index in [1.807, 2.05) is 49.0 Å². The first-order valence-electron chi connectivity index (χ1n) is 8.54. The van der Waals surface area contributed by atoms with E-state index in [1.54, 1.807) is 0 Å². The van der Waals surface area contributed by atoms with E-state index in [0.717, 1.165) is 27.8 Å². The fourth-order valence-electron chi connectivity index (χ4n) is 2.66. The molecule has 1 unspecified atom stereocenters. The molecule has 0 saturated heterocycles. The lowest BCUT2D eigenvalue weighted by Gasteiger charge is -2.12. The summed E-state index contributed by atoms with van der Waals surface area (Å²) in [7, 11) is 0.